The van der Waals surface area contributed by atoms with Gasteiger partial charge in [0, 0.05) is 21.2 Å². The van der Waals surface area contributed by atoms with Gasteiger partial charge >= 0.3 is 0 Å². The minimum Gasteiger partial charge on any atom is -0.272 e. The van der Waals surface area contributed by atoms with Gasteiger partial charge in [0.1, 0.15) is 5.82 Å². The molecule has 8 rings (SSSR count). The van der Waals surface area contributed by atoms with Gasteiger partial charge in [-0.2, -0.15) is 0 Å². The van der Waals surface area contributed by atoms with Gasteiger partial charge in [-0.15, -0.1) is 11.3 Å². The molecule has 0 bridgehead atoms. The number of amides is 2. The second-order valence-electron chi connectivity index (χ2n) is 14.1. The van der Waals surface area contributed by atoms with E-state index in [2.05, 4.69) is 59.5 Å². The molecule has 0 unspecified atom stereocenters. The van der Waals surface area contributed by atoms with Gasteiger partial charge in [-0.1, -0.05) is 88.1 Å². The van der Waals surface area contributed by atoms with E-state index >= 15 is 4.39 Å². The van der Waals surface area contributed by atoms with Crippen LogP contribution < -0.4 is 10.7 Å². The summed E-state index contributed by atoms with van der Waals surface area (Å²) >= 11 is 1.67. The molecular weight excluding hydrogens is 628 g/mol. The van der Waals surface area contributed by atoms with Gasteiger partial charge in [0.2, 0.25) is 0 Å². The fraction of sp³-hybridized carbons (Fsp3) is 0.349. The summed E-state index contributed by atoms with van der Waals surface area (Å²) in [5, 5.41) is 5.23. The number of hydrogen-bond donors (Lipinski definition) is 0. The van der Waals surface area contributed by atoms with Crippen molar-refractivity contribution in [2.75, 3.05) is 0 Å². The Kier molecular flexibility index (Phi) is 8.61. The first-order valence-electron chi connectivity index (χ1n) is 18.0. The van der Waals surface area contributed by atoms with Crippen LogP contribution in [-0.4, -0.2) is 11.8 Å². The van der Waals surface area contributed by atoms with Crippen molar-refractivity contribution in [3.05, 3.63) is 105 Å². The van der Waals surface area contributed by atoms with Crippen molar-refractivity contribution in [1.29, 1.82) is 0 Å². The smallest absolute Gasteiger partial charge is 0.250 e. The van der Waals surface area contributed by atoms with Crippen molar-refractivity contribution in [3.63, 3.8) is 0 Å². The van der Waals surface area contributed by atoms with E-state index in [9.17, 15) is 9.59 Å². The van der Waals surface area contributed by atoms with Gasteiger partial charge in [0.05, 0.1) is 23.6 Å². The van der Waals surface area contributed by atoms with E-state index in [1.807, 2.05) is 24.3 Å². The van der Waals surface area contributed by atoms with Crippen LogP contribution in [0, 0.1) is 11.7 Å². The van der Waals surface area contributed by atoms with Crippen LogP contribution in [0.1, 0.15) is 93.4 Å². The van der Waals surface area contributed by atoms with E-state index in [0.717, 1.165) is 72.5 Å². The molecule has 1 saturated carbocycles. The minimum absolute atomic E-state index is 0.123. The summed E-state index contributed by atoms with van der Waals surface area (Å²) in [7, 11) is 0. The largest absolute Gasteiger partial charge is 0.272 e. The molecule has 0 atom stereocenters. The maximum atomic E-state index is 15.9. The van der Waals surface area contributed by atoms with Crippen LogP contribution in [-0.2, 0) is 28.9 Å². The third-order valence-electron chi connectivity index (χ3n) is 11.1. The number of fused-ring (bicyclic) bond motifs is 5. The summed E-state index contributed by atoms with van der Waals surface area (Å²) in [6.45, 7) is 4.41. The summed E-state index contributed by atoms with van der Waals surface area (Å²) in [4.78, 5) is 34.5. The lowest BCUT2D eigenvalue weighted by Crippen LogP contribution is -2.14. The average molecular weight is 669 g/mol. The third-order valence-corrected chi connectivity index (χ3v) is 12.2. The average Bonchev–Trinajstić information content (AvgIpc) is 3.83. The van der Waals surface area contributed by atoms with Crippen LogP contribution in [0.4, 0.5) is 4.39 Å². The topological polar surface area (TPSA) is 58.9 Å². The fourth-order valence-corrected chi connectivity index (χ4v) is 9.66. The lowest BCUT2D eigenvalue weighted by molar-refractivity contribution is -0.117. The fourth-order valence-electron chi connectivity index (χ4n) is 8.49. The Morgan fingerprint density at radius 1 is 0.755 bits per heavy atom. The lowest BCUT2D eigenvalue weighted by Gasteiger charge is -2.29. The van der Waals surface area contributed by atoms with Crippen molar-refractivity contribution in [1.82, 2.24) is 0 Å². The molecule has 0 spiro atoms. The van der Waals surface area contributed by atoms with Crippen LogP contribution in [0.5, 0.6) is 0 Å². The number of carbonyl (C=O) groups excluding carboxylic acids is 2. The van der Waals surface area contributed by atoms with Gasteiger partial charge in [0.15, 0.2) is 0 Å². The van der Waals surface area contributed by atoms with E-state index in [1.54, 1.807) is 17.4 Å². The standard InChI is InChI=1S/C43H41FN2O2S/c1-3-5-6-7-25-8-10-26(11-9-25)29-16-18-33(37(44)21-29)36-24-49-43(32(36)4-2)28-14-12-27(13-15-28)35-20-31-23-39(48)45-41(31)34-19-17-30-22-38(47)46-42(30)40(34)35/h12-21,24-26H,3-11,22-23H2,1-2H3/t25-,26-. The monoisotopic (exact) mass is 668 g/mol. The molecule has 49 heavy (non-hydrogen) atoms. The lowest BCUT2D eigenvalue weighted by atomic mass is 9.77. The zero-order valence-corrected chi connectivity index (χ0v) is 29.1. The molecule has 1 aromatic heterocycles. The quantitative estimate of drug-likeness (QED) is 0.147. The Hall–Kier alpha value is -4.29. The highest BCUT2D eigenvalue weighted by Gasteiger charge is 2.25. The van der Waals surface area contributed by atoms with E-state index < -0.39 is 0 Å². The summed E-state index contributed by atoms with van der Waals surface area (Å²) in [5.41, 5.74) is 8.82. The molecule has 3 aliphatic rings. The molecule has 0 N–H and O–H groups in total. The maximum absolute atomic E-state index is 15.9. The van der Waals surface area contributed by atoms with E-state index in [4.69, 9.17) is 0 Å². The third kappa shape index (κ3) is 5.88. The van der Waals surface area contributed by atoms with E-state index in [-0.39, 0.29) is 24.1 Å². The number of halogens is 1. The maximum Gasteiger partial charge on any atom is 0.250 e. The molecular formula is C43H41FN2O2S. The summed E-state index contributed by atoms with van der Waals surface area (Å²) in [6, 6.07) is 20.4. The highest BCUT2D eigenvalue weighted by atomic mass is 32.1. The van der Waals surface area contributed by atoms with Crippen LogP contribution in [0.15, 0.2) is 76.0 Å². The van der Waals surface area contributed by atoms with Gasteiger partial charge in [-0.25, -0.2) is 14.4 Å². The summed E-state index contributed by atoms with van der Waals surface area (Å²) in [6.07, 6.45) is 11.5. The molecule has 4 aromatic carbocycles. The van der Waals surface area contributed by atoms with Gasteiger partial charge < -0.3 is 0 Å². The molecule has 5 aromatic rings. The van der Waals surface area contributed by atoms with Crippen LogP contribution >= 0.6 is 11.3 Å². The van der Waals surface area contributed by atoms with Crippen LogP contribution in [0.2, 0.25) is 0 Å². The predicted octanol–water partition coefficient (Wildman–Crippen LogP) is 9.86. The number of rotatable bonds is 9. The number of thiophene rings is 1. The molecule has 0 radical (unpaired) electrons. The van der Waals surface area contributed by atoms with Crippen molar-refractivity contribution in [2.24, 2.45) is 15.9 Å². The van der Waals surface area contributed by atoms with Crippen molar-refractivity contribution in [2.45, 2.75) is 90.4 Å². The second-order valence-corrected chi connectivity index (χ2v) is 15.0. The molecule has 248 valence electrons. The first kappa shape index (κ1) is 31.9. The van der Waals surface area contributed by atoms with Gasteiger partial charge in [-0.05, 0) is 106 Å². The summed E-state index contributed by atoms with van der Waals surface area (Å²) < 4.78 is 15.9. The summed E-state index contributed by atoms with van der Waals surface area (Å²) in [5.74, 6) is 0.880. The number of hydrogen-bond acceptors (Lipinski definition) is 3. The molecule has 6 heteroatoms. The Morgan fingerprint density at radius 3 is 2.22 bits per heavy atom. The first-order valence-corrected chi connectivity index (χ1v) is 18.9. The number of unbranched alkanes of at least 4 members (excludes halogenated alkanes) is 2. The van der Waals surface area contributed by atoms with Crippen LogP contribution in [0.3, 0.4) is 0 Å². The molecule has 4 nitrogen and oxygen atoms in total. The van der Waals surface area contributed by atoms with E-state index in [0.29, 0.717) is 28.6 Å². The SMILES string of the molecule is CCCCC[C@H]1CC[C@H](c2ccc(-c3csc(-c4ccc(-c5cc6c(c7ccc8c(c57)=NC(=O)C8)=NC(=O)C6)cc4)c3CC)c(F)c2)CC1. The molecule has 1 fully saturated rings. The minimum atomic E-state index is -0.149. The Bertz CT molecular complexity index is 2240. The Balaban J connectivity index is 1.08. The number of carbonyl (C=O) groups is 2. The molecule has 2 aliphatic heterocycles. The Labute approximate surface area is 290 Å². The van der Waals surface area contributed by atoms with Crippen molar-refractivity contribution in [3.8, 4) is 32.7 Å². The number of benzene rings is 4. The first-order chi connectivity index (χ1) is 23.9. The zero-order valence-electron chi connectivity index (χ0n) is 28.3. The highest BCUT2D eigenvalue weighted by molar-refractivity contribution is 7.14. The molecule has 1 aliphatic carbocycles. The normalized spacial score (nSPS) is 18.4. The predicted molar refractivity (Wildman–Crippen MR) is 196 cm³/mol. The van der Waals surface area contributed by atoms with Crippen LogP contribution in [0.25, 0.3) is 43.5 Å². The molecule has 2 amide bonds. The molecule has 0 saturated heterocycles. The van der Waals surface area contributed by atoms with E-state index in [1.165, 1.54) is 51.4 Å². The highest BCUT2D eigenvalue weighted by Crippen LogP contribution is 2.43. The van der Waals surface area contributed by atoms with Gasteiger partial charge in [0.25, 0.3) is 11.8 Å². The molecule has 3 heterocycles. The van der Waals surface area contributed by atoms with Crippen molar-refractivity contribution < 1.29 is 14.0 Å². The Morgan fingerprint density at radius 2 is 1.49 bits per heavy atom. The zero-order chi connectivity index (χ0) is 33.6. The van der Waals surface area contributed by atoms with Crippen molar-refractivity contribution >= 4 is 33.9 Å². The van der Waals surface area contributed by atoms with Gasteiger partial charge in [-0.3, -0.25) is 9.59 Å². The second kappa shape index (κ2) is 13.2. The number of nitrogens with zero attached hydrogens (tertiary/aromatic N) is 2.